The van der Waals surface area contributed by atoms with Crippen LogP contribution in [0.2, 0.25) is 5.15 Å². The van der Waals surface area contributed by atoms with E-state index in [0.29, 0.717) is 10.7 Å². The lowest BCUT2D eigenvalue weighted by Crippen LogP contribution is -2.44. The van der Waals surface area contributed by atoms with Gasteiger partial charge >= 0.3 is 0 Å². The van der Waals surface area contributed by atoms with Crippen molar-refractivity contribution in [1.29, 1.82) is 0 Å². The number of nitrogens with zero attached hydrogens (tertiary/aromatic N) is 1. The molecule has 0 spiro atoms. The number of pyridine rings is 1. The van der Waals surface area contributed by atoms with Crippen LogP contribution in [0.4, 0.5) is 0 Å². The number of halogens is 1. The molecule has 0 radical (unpaired) electrons. The van der Waals surface area contributed by atoms with Crippen LogP contribution < -0.4 is 10.9 Å². The lowest BCUT2D eigenvalue weighted by atomic mass is 9.89. The molecule has 2 rings (SSSR count). The summed E-state index contributed by atoms with van der Waals surface area (Å²) in [6.45, 7) is 0. The number of aromatic nitrogens is 1. The molecule has 1 aromatic rings. The number of carbonyl (C=O) groups is 2. The van der Waals surface area contributed by atoms with Gasteiger partial charge in [0.15, 0.2) is 0 Å². The van der Waals surface area contributed by atoms with E-state index in [0.717, 1.165) is 25.7 Å². The van der Waals surface area contributed by atoms with Gasteiger partial charge in [-0.2, -0.15) is 0 Å². The second-order valence-electron chi connectivity index (χ2n) is 4.65. The van der Waals surface area contributed by atoms with Crippen molar-refractivity contribution in [3.63, 3.8) is 0 Å². The number of hydrogen-bond acceptors (Lipinski definition) is 3. The minimum atomic E-state index is -0.395. The zero-order valence-corrected chi connectivity index (χ0v) is 11.2. The maximum atomic E-state index is 11.8. The standard InChI is InChI=1S/C13H16ClN3O2/c14-11-7-6-10(8-15-11)13(19)17-16-12(18)9-4-2-1-3-5-9/h6-9H,1-5H2,(H,16,18)(H,17,19). The van der Waals surface area contributed by atoms with Gasteiger partial charge in [-0.3, -0.25) is 20.4 Å². The summed E-state index contributed by atoms with van der Waals surface area (Å²) in [5.74, 6) is -0.499. The Kier molecular flexibility index (Phi) is 4.74. The molecule has 1 fully saturated rings. The van der Waals surface area contributed by atoms with Gasteiger partial charge in [0.2, 0.25) is 5.91 Å². The number of rotatable bonds is 2. The van der Waals surface area contributed by atoms with Crippen LogP contribution in [-0.4, -0.2) is 16.8 Å². The van der Waals surface area contributed by atoms with E-state index in [4.69, 9.17) is 11.6 Å². The molecule has 0 aromatic carbocycles. The van der Waals surface area contributed by atoms with Crippen LogP contribution in [0.15, 0.2) is 18.3 Å². The Morgan fingerprint density at radius 1 is 1.16 bits per heavy atom. The van der Waals surface area contributed by atoms with Crippen LogP contribution >= 0.6 is 11.6 Å². The predicted molar refractivity (Wildman–Crippen MR) is 71.4 cm³/mol. The van der Waals surface area contributed by atoms with Gasteiger partial charge in [0, 0.05) is 12.1 Å². The molecule has 6 heteroatoms. The van der Waals surface area contributed by atoms with E-state index in [2.05, 4.69) is 15.8 Å². The lowest BCUT2D eigenvalue weighted by Gasteiger charge is -2.20. The molecule has 19 heavy (non-hydrogen) atoms. The van der Waals surface area contributed by atoms with Crippen molar-refractivity contribution < 1.29 is 9.59 Å². The summed E-state index contributed by atoms with van der Waals surface area (Å²) in [5, 5.41) is 0.322. The SMILES string of the molecule is O=C(NNC(=O)C1CCCCC1)c1ccc(Cl)nc1. The molecule has 1 heterocycles. The Balaban J connectivity index is 1.82. The van der Waals surface area contributed by atoms with Crippen LogP contribution in [-0.2, 0) is 4.79 Å². The maximum Gasteiger partial charge on any atom is 0.271 e. The van der Waals surface area contributed by atoms with Crippen molar-refractivity contribution in [2.75, 3.05) is 0 Å². The van der Waals surface area contributed by atoms with Crippen LogP contribution in [0.3, 0.4) is 0 Å². The van der Waals surface area contributed by atoms with Crippen molar-refractivity contribution >= 4 is 23.4 Å². The van der Waals surface area contributed by atoms with E-state index in [1.807, 2.05) is 0 Å². The van der Waals surface area contributed by atoms with Gasteiger partial charge in [0.1, 0.15) is 5.15 Å². The quantitative estimate of drug-likeness (QED) is 0.644. The molecule has 0 atom stereocenters. The molecule has 1 aromatic heterocycles. The molecular formula is C13H16ClN3O2. The van der Waals surface area contributed by atoms with Gasteiger partial charge in [0.25, 0.3) is 5.91 Å². The molecule has 2 N–H and O–H groups in total. The van der Waals surface area contributed by atoms with E-state index in [9.17, 15) is 9.59 Å². The monoisotopic (exact) mass is 281 g/mol. The summed E-state index contributed by atoms with van der Waals surface area (Å²) in [4.78, 5) is 27.4. The van der Waals surface area contributed by atoms with Crippen LogP contribution in [0.5, 0.6) is 0 Å². The summed E-state index contributed by atoms with van der Waals surface area (Å²) in [5.41, 5.74) is 5.21. The second kappa shape index (κ2) is 6.52. The molecule has 1 saturated carbocycles. The summed E-state index contributed by atoms with van der Waals surface area (Å²) in [6.07, 6.45) is 6.49. The number of hydrogen-bond donors (Lipinski definition) is 2. The lowest BCUT2D eigenvalue weighted by molar-refractivity contribution is -0.126. The van der Waals surface area contributed by atoms with E-state index >= 15 is 0 Å². The van der Waals surface area contributed by atoms with Gasteiger partial charge in [-0.05, 0) is 25.0 Å². The number of amides is 2. The second-order valence-corrected chi connectivity index (χ2v) is 5.04. The third-order valence-electron chi connectivity index (χ3n) is 3.26. The molecular weight excluding hydrogens is 266 g/mol. The zero-order chi connectivity index (χ0) is 13.7. The third-order valence-corrected chi connectivity index (χ3v) is 3.49. The molecule has 0 saturated heterocycles. The largest absolute Gasteiger partial charge is 0.273 e. The van der Waals surface area contributed by atoms with E-state index in [-0.39, 0.29) is 11.8 Å². The van der Waals surface area contributed by atoms with E-state index in [1.165, 1.54) is 18.7 Å². The highest BCUT2D eigenvalue weighted by Crippen LogP contribution is 2.23. The van der Waals surface area contributed by atoms with Crippen molar-refractivity contribution in [2.24, 2.45) is 5.92 Å². The Morgan fingerprint density at radius 2 is 1.89 bits per heavy atom. The molecule has 102 valence electrons. The fourth-order valence-electron chi connectivity index (χ4n) is 2.17. The summed E-state index contributed by atoms with van der Waals surface area (Å²) >= 11 is 5.63. The molecule has 0 aliphatic heterocycles. The topological polar surface area (TPSA) is 71.1 Å². The normalized spacial score (nSPS) is 15.8. The van der Waals surface area contributed by atoms with E-state index in [1.54, 1.807) is 6.07 Å². The molecule has 2 amide bonds. The van der Waals surface area contributed by atoms with Gasteiger partial charge in [-0.25, -0.2) is 4.98 Å². The van der Waals surface area contributed by atoms with Crippen molar-refractivity contribution in [2.45, 2.75) is 32.1 Å². The Morgan fingerprint density at radius 3 is 2.53 bits per heavy atom. The first-order chi connectivity index (χ1) is 9.16. The molecule has 1 aliphatic carbocycles. The van der Waals surface area contributed by atoms with Gasteiger partial charge in [-0.1, -0.05) is 30.9 Å². The zero-order valence-electron chi connectivity index (χ0n) is 10.5. The van der Waals surface area contributed by atoms with Crippen molar-refractivity contribution in [1.82, 2.24) is 15.8 Å². The summed E-state index contributed by atoms with van der Waals surface area (Å²) in [7, 11) is 0. The Hall–Kier alpha value is -1.62. The number of hydrazine groups is 1. The minimum Gasteiger partial charge on any atom is -0.273 e. The molecule has 0 unspecified atom stereocenters. The average Bonchev–Trinajstić information content (AvgIpc) is 2.46. The van der Waals surface area contributed by atoms with Gasteiger partial charge in [0.05, 0.1) is 5.56 Å². The number of nitrogens with one attached hydrogen (secondary N) is 2. The summed E-state index contributed by atoms with van der Waals surface area (Å²) in [6, 6.07) is 3.08. The van der Waals surface area contributed by atoms with Crippen LogP contribution in [0.25, 0.3) is 0 Å². The first-order valence-corrected chi connectivity index (χ1v) is 6.76. The maximum absolute atomic E-state index is 11.8. The van der Waals surface area contributed by atoms with Crippen LogP contribution in [0, 0.1) is 5.92 Å². The molecule has 0 bridgehead atoms. The average molecular weight is 282 g/mol. The molecule has 5 nitrogen and oxygen atoms in total. The highest BCUT2D eigenvalue weighted by molar-refractivity contribution is 6.29. The summed E-state index contributed by atoms with van der Waals surface area (Å²) < 4.78 is 0. The Bertz CT molecular complexity index is 455. The fourth-order valence-corrected chi connectivity index (χ4v) is 2.28. The minimum absolute atomic E-state index is 0.0115. The van der Waals surface area contributed by atoms with Crippen molar-refractivity contribution in [3.05, 3.63) is 29.0 Å². The number of carbonyl (C=O) groups excluding carboxylic acids is 2. The van der Waals surface area contributed by atoms with Gasteiger partial charge in [-0.15, -0.1) is 0 Å². The Labute approximate surface area is 116 Å². The van der Waals surface area contributed by atoms with Gasteiger partial charge < -0.3 is 0 Å². The first kappa shape index (κ1) is 13.8. The smallest absolute Gasteiger partial charge is 0.271 e. The van der Waals surface area contributed by atoms with Crippen molar-refractivity contribution in [3.8, 4) is 0 Å². The van der Waals surface area contributed by atoms with E-state index < -0.39 is 5.91 Å². The fraction of sp³-hybridized carbons (Fsp3) is 0.462. The highest BCUT2D eigenvalue weighted by atomic mass is 35.5. The molecule has 1 aliphatic rings. The van der Waals surface area contributed by atoms with Crippen LogP contribution in [0.1, 0.15) is 42.5 Å². The highest BCUT2D eigenvalue weighted by Gasteiger charge is 2.21. The third kappa shape index (κ3) is 3.92. The predicted octanol–water partition coefficient (Wildman–Crippen LogP) is 2.08. The first-order valence-electron chi connectivity index (χ1n) is 6.38.